The second kappa shape index (κ2) is 5.51. The molecule has 0 aliphatic heterocycles. The van der Waals surface area contributed by atoms with Crippen LogP contribution in [0, 0.1) is 12.7 Å². The van der Waals surface area contributed by atoms with Gasteiger partial charge in [-0.15, -0.1) is 0 Å². The number of fused-ring (bicyclic) bond motifs is 1. The van der Waals surface area contributed by atoms with E-state index in [-0.39, 0.29) is 17.0 Å². The van der Waals surface area contributed by atoms with Gasteiger partial charge in [-0.25, -0.2) is 22.5 Å². The number of nitrogens with zero attached hydrogens (tertiary/aromatic N) is 1. The summed E-state index contributed by atoms with van der Waals surface area (Å²) in [5, 5.41) is 0. The molecule has 2 aromatic carbocycles. The highest BCUT2D eigenvalue weighted by atomic mass is 32.2. The molecule has 0 radical (unpaired) electrons. The number of halogens is 1. The molecule has 0 unspecified atom stereocenters. The van der Waals surface area contributed by atoms with Gasteiger partial charge in [0.2, 0.25) is 10.0 Å². The Hall–Kier alpha value is -2.25. The third-order valence-corrected chi connectivity index (χ3v) is 4.70. The van der Waals surface area contributed by atoms with E-state index in [0.29, 0.717) is 11.1 Å². The van der Waals surface area contributed by atoms with Crippen molar-refractivity contribution in [2.75, 3.05) is 0 Å². The Morgan fingerprint density at radius 1 is 1.23 bits per heavy atom. The predicted molar refractivity (Wildman–Crippen MR) is 79.2 cm³/mol. The van der Waals surface area contributed by atoms with E-state index >= 15 is 0 Å². The minimum Gasteiger partial charge on any atom is -0.443 e. The van der Waals surface area contributed by atoms with Crippen LogP contribution in [-0.4, -0.2) is 13.4 Å². The summed E-state index contributed by atoms with van der Waals surface area (Å²) in [6, 6.07) is 8.93. The molecule has 3 rings (SSSR count). The molecule has 0 bridgehead atoms. The van der Waals surface area contributed by atoms with Crippen molar-refractivity contribution in [1.29, 1.82) is 0 Å². The van der Waals surface area contributed by atoms with Crippen molar-refractivity contribution in [3.8, 4) is 0 Å². The van der Waals surface area contributed by atoms with Crippen LogP contribution in [0.2, 0.25) is 0 Å². The Morgan fingerprint density at radius 3 is 2.82 bits per heavy atom. The number of oxazole rings is 1. The zero-order chi connectivity index (χ0) is 15.7. The molecule has 0 fully saturated rings. The molecule has 7 heteroatoms. The average molecular weight is 320 g/mol. The highest BCUT2D eigenvalue weighted by Crippen LogP contribution is 2.17. The van der Waals surface area contributed by atoms with Crippen molar-refractivity contribution >= 4 is 21.1 Å². The maximum Gasteiger partial charge on any atom is 0.240 e. The van der Waals surface area contributed by atoms with Crippen LogP contribution in [0.5, 0.6) is 0 Å². The first kappa shape index (κ1) is 14.7. The van der Waals surface area contributed by atoms with Gasteiger partial charge in [0.1, 0.15) is 11.3 Å². The number of hydrogen-bond acceptors (Lipinski definition) is 4. The number of rotatable bonds is 4. The number of benzene rings is 2. The first-order valence-electron chi connectivity index (χ1n) is 6.54. The van der Waals surface area contributed by atoms with E-state index in [2.05, 4.69) is 9.71 Å². The van der Waals surface area contributed by atoms with E-state index in [1.165, 1.54) is 25.5 Å². The van der Waals surface area contributed by atoms with Crippen molar-refractivity contribution in [3.05, 3.63) is 59.7 Å². The lowest BCUT2D eigenvalue weighted by Gasteiger charge is -2.08. The van der Waals surface area contributed by atoms with Crippen molar-refractivity contribution in [2.45, 2.75) is 18.4 Å². The number of nitrogens with one attached hydrogen (secondary N) is 1. The summed E-state index contributed by atoms with van der Waals surface area (Å²) in [6.45, 7) is 1.63. The molecule has 0 atom stereocenters. The second-order valence-corrected chi connectivity index (χ2v) is 6.66. The summed E-state index contributed by atoms with van der Waals surface area (Å²) in [5.74, 6) is -0.435. The molecule has 1 aromatic heterocycles. The van der Waals surface area contributed by atoms with E-state index in [9.17, 15) is 12.8 Å². The van der Waals surface area contributed by atoms with E-state index in [0.717, 1.165) is 11.6 Å². The predicted octanol–water partition coefficient (Wildman–Crippen LogP) is 2.75. The minimum absolute atomic E-state index is 0.0344. The van der Waals surface area contributed by atoms with E-state index in [4.69, 9.17) is 4.42 Å². The van der Waals surface area contributed by atoms with Gasteiger partial charge < -0.3 is 4.42 Å². The fraction of sp³-hybridized carbons (Fsp3) is 0.133. The summed E-state index contributed by atoms with van der Waals surface area (Å²) in [4.78, 5) is 4.03. The summed E-state index contributed by atoms with van der Waals surface area (Å²) >= 11 is 0. The molecule has 0 aliphatic carbocycles. The molecule has 0 aliphatic rings. The monoisotopic (exact) mass is 320 g/mol. The lowest BCUT2D eigenvalue weighted by Crippen LogP contribution is -2.23. The molecule has 22 heavy (non-hydrogen) atoms. The molecule has 0 spiro atoms. The maximum atomic E-state index is 13.2. The molecule has 0 amide bonds. The molecular formula is C15H13FN2O3S. The second-order valence-electron chi connectivity index (χ2n) is 4.89. The van der Waals surface area contributed by atoms with Gasteiger partial charge in [0.05, 0.1) is 4.90 Å². The molecular weight excluding hydrogens is 307 g/mol. The largest absolute Gasteiger partial charge is 0.443 e. The zero-order valence-corrected chi connectivity index (χ0v) is 12.5. The third kappa shape index (κ3) is 2.86. The van der Waals surface area contributed by atoms with Gasteiger partial charge in [0.25, 0.3) is 0 Å². The van der Waals surface area contributed by atoms with Crippen LogP contribution in [0.3, 0.4) is 0 Å². The normalized spacial score (nSPS) is 11.9. The van der Waals surface area contributed by atoms with Gasteiger partial charge in [-0.1, -0.05) is 6.07 Å². The van der Waals surface area contributed by atoms with Crippen molar-refractivity contribution < 1.29 is 17.2 Å². The quantitative estimate of drug-likeness (QED) is 0.802. The zero-order valence-electron chi connectivity index (χ0n) is 11.7. The van der Waals surface area contributed by atoms with Crippen LogP contribution in [0.15, 0.2) is 52.1 Å². The maximum absolute atomic E-state index is 13.2. The average Bonchev–Trinajstić information content (AvgIpc) is 2.95. The Kier molecular flexibility index (Phi) is 3.67. The van der Waals surface area contributed by atoms with E-state index in [1.807, 2.05) is 0 Å². The summed E-state index contributed by atoms with van der Waals surface area (Å²) < 4.78 is 45.3. The van der Waals surface area contributed by atoms with Crippen molar-refractivity contribution in [3.63, 3.8) is 0 Å². The fourth-order valence-electron chi connectivity index (χ4n) is 2.06. The Morgan fingerprint density at radius 2 is 2.05 bits per heavy atom. The Balaban J connectivity index is 1.80. The van der Waals surface area contributed by atoms with Gasteiger partial charge in [0.15, 0.2) is 12.0 Å². The molecule has 5 nitrogen and oxygen atoms in total. The topological polar surface area (TPSA) is 72.2 Å². The summed E-state index contributed by atoms with van der Waals surface area (Å²) in [7, 11) is -3.70. The van der Waals surface area contributed by atoms with E-state index in [1.54, 1.807) is 18.2 Å². The van der Waals surface area contributed by atoms with Crippen LogP contribution >= 0.6 is 0 Å². The van der Waals surface area contributed by atoms with Crippen LogP contribution in [-0.2, 0) is 16.6 Å². The van der Waals surface area contributed by atoms with Crippen LogP contribution < -0.4 is 4.72 Å². The SMILES string of the molecule is Cc1cc(S(=O)(=O)NCc2ccc3ncoc3c2)ccc1F. The minimum atomic E-state index is -3.70. The lowest BCUT2D eigenvalue weighted by atomic mass is 10.2. The van der Waals surface area contributed by atoms with Gasteiger partial charge in [0, 0.05) is 6.54 Å². The standard InChI is InChI=1S/C15H13FN2O3S/c1-10-6-12(3-4-13(10)16)22(19,20)18-8-11-2-5-14-15(7-11)21-9-17-14/h2-7,9,18H,8H2,1H3. The molecule has 1 N–H and O–H groups in total. The van der Waals surface area contributed by atoms with Gasteiger partial charge in [-0.05, 0) is 48.4 Å². The molecule has 114 valence electrons. The number of sulfonamides is 1. The fourth-order valence-corrected chi connectivity index (χ4v) is 3.16. The number of aryl methyl sites for hydroxylation is 1. The van der Waals surface area contributed by atoms with Gasteiger partial charge in [-0.2, -0.15) is 0 Å². The smallest absolute Gasteiger partial charge is 0.240 e. The summed E-state index contributed by atoms with van der Waals surface area (Å²) in [6.07, 6.45) is 1.33. The first-order valence-corrected chi connectivity index (χ1v) is 8.02. The number of hydrogen-bond donors (Lipinski definition) is 1. The van der Waals surface area contributed by atoms with Crippen LogP contribution in [0.1, 0.15) is 11.1 Å². The summed E-state index contributed by atoms with van der Waals surface area (Å²) in [5.41, 5.74) is 2.33. The Labute approximate surface area is 126 Å². The molecule has 0 saturated carbocycles. The van der Waals surface area contributed by atoms with Crippen LogP contribution in [0.25, 0.3) is 11.1 Å². The van der Waals surface area contributed by atoms with E-state index < -0.39 is 15.8 Å². The highest BCUT2D eigenvalue weighted by molar-refractivity contribution is 7.89. The van der Waals surface area contributed by atoms with Crippen molar-refractivity contribution in [2.24, 2.45) is 0 Å². The van der Waals surface area contributed by atoms with Crippen molar-refractivity contribution in [1.82, 2.24) is 9.71 Å². The molecule has 0 saturated heterocycles. The Bertz CT molecular complexity index is 935. The third-order valence-electron chi connectivity index (χ3n) is 3.30. The molecule has 1 heterocycles. The van der Waals surface area contributed by atoms with Gasteiger partial charge in [-0.3, -0.25) is 0 Å². The van der Waals surface area contributed by atoms with Crippen LogP contribution in [0.4, 0.5) is 4.39 Å². The highest BCUT2D eigenvalue weighted by Gasteiger charge is 2.15. The van der Waals surface area contributed by atoms with Gasteiger partial charge >= 0.3 is 0 Å². The first-order chi connectivity index (χ1) is 10.5. The number of aromatic nitrogens is 1. The lowest BCUT2D eigenvalue weighted by molar-refractivity contribution is 0.579. The molecule has 3 aromatic rings.